The van der Waals surface area contributed by atoms with Crippen LogP contribution in [0.2, 0.25) is 0 Å². The number of nitrogens with one attached hydrogen (secondary N) is 1. The highest BCUT2D eigenvalue weighted by atomic mass is 19.1. The van der Waals surface area contributed by atoms with Gasteiger partial charge in [-0.1, -0.05) is 18.2 Å². The third-order valence-corrected chi connectivity index (χ3v) is 3.65. The smallest absolute Gasteiger partial charge is 0.277 e. The minimum absolute atomic E-state index is 0.186. The number of H-pyrrole nitrogens is 1. The number of halogens is 1. The Hall–Kier alpha value is -2.70. The fraction of sp³-hybridized carbons (Fsp3) is 0.267. The Balaban J connectivity index is 1.84. The van der Waals surface area contributed by atoms with Crippen molar-refractivity contribution >= 4 is 0 Å². The molecule has 1 N–H and O–H groups in total. The summed E-state index contributed by atoms with van der Waals surface area (Å²) in [5.41, 5.74) is 0.277. The van der Waals surface area contributed by atoms with Crippen LogP contribution in [-0.4, -0.2) is 24.5 Å². The summed E-state index contributed by atoms with van der Waals surface area (Å²) in [4.78, 5) is 11.9. The van der Waals surface area contributed by atoms with Gasteiger partial charge in [-0.05, 0) is 31.0 Å². The summed E-state index contributed by atoms with van der Waals surface area (Å²) >= 11 is 0. The largest absolute Gasteiger partial charge is 0.343 e. The molecule has 3 rings (SSSR count). The first-order valence-electron chi connectivity index (χ1n) is 7.04. The van der Waals surface area contributed by atoms with Crippen molar-refractivity contribution in [2.75, 3.05) is 0 Å². The minimum Gasteiger partial charge on any atom is -0.277 e. The van der Waals surface area contributed by atoms with Crippen molar-refractivity contribution in [2.45, 2.75) is 25.9 Å². The van der Waals surface area contributed by atoms with Crippen LogP contribution in [0.3, 0.4) is 0 Å². The van der Waals surface area contributed by atoms with Crippen LogP contribution in [0.1, 0.15) is 24.4 Å². The molecule has 0 aliphatic heterocycles. The first kappa shape index (κ1) is 14.2. The van der Waals surface area contributed by atoms with Crippen LogP contribution >= 0.6 is 0 Å². The Morgan fingerprint density at radius 3 is 2.86 bits per heavy atom. The second kappa shape index (κ2) is 5.97. The van der Waals surface area contributed by atoms with Crippen molar-refractivity contribution in [3.8, 4) is 0 Å². The zero-order valence-electron chi connectivity index (χ0n) is 12.1. The molecule has 6 nitrogen and oxygen atoms in total. The lowest BCUT2D eigenvalue weighted by Gasteiger charge is -2.13. The molecule has 114 valence electrons. The third-order valence-electron chi connectivity index (χ3n) is 3.65. The molecule has 0 saturated heterocycles. The normalized spacial score (nSPS) is 12.5. The van der Waals surface area contributed by atoms with Gasteiger partial charge >= 0.3 is 5.69 Å². The zero-order valence-corrected chi connectivity index (χ0v) is 12.1. The number of hydrogen-bond acceptors (Lipinski definition) is 3. The van der Waals surface area contributed by atoms with Crippen LogP contribution in [0.5, 0.6) is 0 Å². The van der Waals surface area contributed by atoms with E-state index in [0.29, 0.717) is 24.4 Å². The maximum absolute atomic E-state index is 13.7. The van der Waals surface area contributed by atoms with Crippen LogP contribution in [-0.2, 0) is 13.0 Å². The lowest BCUT2D eigenvalue weighted by molar-refractivity contribution is 0.495. The zero-order chi connectivity index (χ0) is 15.5. The molecule has 0 aliphatic carbocycles. The van der Waals surface area contributed by atoms with E-state index >= 15 is 0 Å². The summed E-state index contributed by atoms with van der Waals surface area (Å²) in [5, 5.41) is 10.7. The molecule has 2 aromatic heterocycles. The monoisotopic (exact) mass is 301 g/mol. The third kappa shape index (κ3) is 2.69. The van der Waals surface area contributed by atoms with Gasteiger partial charge in [0.25, 0.3) is 0 Å². The fourth-order valence-corrected chi connectivity index (χ4v) is 2.43. The molecule has 0 fully saturated rings. The maximum atomic E-state index is 13.7. The van der Waals surface area contributed by atoms with Crippen molar-refractivity contribution in [3.05, 3.63) is 70.4 Å². The molecule has 22 heavy (non-hydrogen) atoms. The number of hydrogen-bond donors (Lipinski definition) is 1. The highest BCUT2D eigenvalue weighted by molar-refractivity contribution is 5.17. The van der Waals surface area contributed by atoms with Crippen molar-refractivity contribution < 1.29 is 4.39 Å². The standard InChI is InChI=1S/C15H16FN5O/c1-11(21-9-4-8-17-21)14-18-19-15(22)20(14)10-7-12-5-2-3-6-13(12)16/h2-6,8-9,11H,7,10H2,1H3,(H,19,22)/t11-/m1/s1. The molecule has 0 aliphatic rings. The maximum Gasteiger partial charge on any atom is 0.343 e. The number of aromatic amines is 1. The van der Waals surface area contributed by atoms with Crippen molar-refractivity contribution in [1.82, 2.24) is 24.5 Å². The molecule has 0 bridgehead atoms. The topological polar surface area (TPSA) is 68.5 Å². The SMILES string of the molecule is C[C@H](c1n[nH]c(=O)n1CCc1ccccc1F)n1cccn1. The number of aryl methyl sites for hydroxylation is 1. The molecular weight excluding hydrogens is 285 g/mol. The molecular formula is C15H16FN5O. The second-order valence-corrected chi connectivity index (χ2v) is 5.04. The molecule has 0 saturated carbocycles. The molecule has 1 atom stereocenters. The average molecular weight is 301 g/mol. The summed E-state index contributed by atoms with van der Waals surface area (Å²) in [5.74, 6) is 0.311. The minimum atomic E-state index is -0.301. The molecule has 2 heterocycles. The van der Waals surface area contributed by atoms with Crippen LogP contribution in [0.4, 0.5) is 4.39 Å². The number of aromatic nitrogens is 5. The molecule has 0 radical (unpaired) electrons. The van der Waals surface area contributed by atoms with E-state index in [1.807, 2.05) is 19.2 Å². The predicted octanol–water partition coefficient (Wildman–Crippen LogP) is 1.76. The van der Waals surface area contributed by atoms with Crippen LogP contribution in [0, 0.1) is 5.82 Å². The fourth-order valence-electron chi connectivity index (χ4n) is 2.43. The molecule has 0 unspecified atom stereocenters. The summed E-state index contributed by atoms with van der Waals surface area (Å²) in [6.07, 6.45) is 3.90. The first-order valence-corrected chi connectivity index (χ1v) is 7.04. The number of benzene rings is 1. The molecule has 1 aromatic carbocycles. The van der Waals surface area contributed by atoms with Gasteiger partial charge in [0.15, 0.2) is 5.82 Å². The summed E-state index contributed by atoms with van der Waals surface area (Å²) < 4.78 is 16.9. The van der Waals surface area contributed by atoms with Crippen molar-refractivity contribution in [2.24, 2.45) is 0 Å². The number of rotatable bonds is 5. The van der Waals surface area contributed by atoms with Crippen LogP contribution in [0.25, 0.3) is 0 Å². The van der Waals surface area contributed by atoms with Gasteiger partial charge in [-0.3, -0.25) is 9.25 Å². The lowest BCUT2D eigenvalue weighted by Crippen LogP contribution is -2.23. The molecule has 0 amide bonds. The van der Waals surface area contributed by atoms with E-state index in [0.717, 1.165) is 0 Å². The van der Waals surface area contributed by atoms with Gasteiger partial charge < -0.3 is 0 Å². The quantitative estimate of drug-likeness (QED) is 0.780. The molecule has 0 spiro atoms. The second-order valence-electron chi connectivity index (χ2n) is 5.04. The summed E-state index contributed by atoms with van der Waals surface area (Å²) in [6.45, 7) is 2.26. The lowest BCUT2D eigenvalue weighted by atomic mass is 10.1. The van der Waals surface area contributed by atoms with Gasteiger partial charge in [0.05, 0.1) is 0 Å². The van der Waals surface area contributed by atoms with E-state index in [-0.39, 0.29) is 17.5 Å². The molecule has 3 aromatic rings. The first-order chi connectivity index (χ1) is 10.7. The predicted molar refractivity (Wildman–Crippen MR) is 79.0 cm³/mol. The van der Waals surface area contributed by atoms with Gasteiger partial charge in [0.1, 0.15) is 11.9 Å². The van der Waals surface area contributed by atoms with Crippen molar-refractivity contribution in [1.29, 1.82) is 0 Å². The van der Waals surface area contributed by atoms with Crippen LogP contribution in [0.15, 0.2) is 47.5 Å². The average Bonchev–Trinajstić information content (AvgIpc) is 3.16. The summed E-state index contributed by atoms with van der Waals surface area (Å²) in [7, 11) is 0. The van der Waals surface area contributed by atoms with E-state index in [1.165, 1.54) is 10.6 Å². The van der Waals surface area contributed by atoms with E-state index in [2.05, 4.69) is 15.3 Å². The van der Waals surface area contributed by atoms with Gasteiger partial charge in [-0.15, -0.1) is 0 Å². The van der Waals surface area contributed by atoms with E-state index in [4.69, 9.17) is 0 Å². The van der Waals surface area contributed by atoms with Crippen molar-refractivity contribution in [3.63, 3.8) is 0 Å². The Bertz CT molecular complexity index is 805. The number of nitrogens with zero attached hydrogens (tertiary/aromatic N) is 4. The highest BCUT2D eigenvalue weighted by Crippen LogP contribution is 2.14. The highest BCUT2D eigenvalue weighted by Gasteiger charge is 2.17. The Labute approximate surface area is 126 Å². The molecule has 7 heteroatoms. The van der Waals surface area contributed by atoms with Gasteiger partial charge in [-0.2, -0.15) is 10.2 Å². The van der Waals surface area contributed by atoms with Crippen LogP contribution < -0.4 is 5.69 Å². The summed E-state index contributed by atoms with van der Waals surface area (Å²) in [6, 6.07) is 8.19. The van der Waals surface area contributed by atoms with E-state index < -0.39 is 0 Å². The Morgan fingerprint density at radius 2 is 2.14 bits per heavy atom. The van der Waals surface area contributed by atoms with Gasteiger partial charge in [0.2, 0.25) is 0 Å². The Morgan fingerprint density at radius 1 is 1.32 bits per heavy atom. The Kier molecular flexibility index (Phi) is 3.86. The van der Waals surface area contributed by atoms with E-state index in [1.54, 1.807) is 29.1 Å². The van der Waals surface area contributed by atoms with E-state index in [9.17, 15) is 9.18 Å². The van der Waals surface area contributed by atoms with Gasteiger partial charge in [0, 0.05) is 18.9 Å². The van der Waals surface area contributed by atoms with Gasteiger partial charge in [-0.25, -0.2) is 14.3 Å².